The molecule has 146 valence electrons. The predicted molar refractivity (Wildman–Crippen MR) is 121 cm³/mol. The number of amides is 1. The number of carbonyl (C=O) groups is 1. The number of hydrogen-bond acceptors (Lipinski definition) is 4. The van der Waals surface area contributed by atoms with Gasteiger partial charge in [-0.3, -0.25) is 4.79 Å². The molecule has 7 heteroatoms. The molecule has 0 aliphatic carbocycles. The molecule has 0 saturated carbocycles. The molecule has 0 saturated heterocycles. The van der Waals surface area contributed by atoms with E-state index in [1.807, 2.05) is 43.3 Å². The molecular formula is C22H16Cl2N2O2S. The summed E-state index contributed by atoms with van der Waals surface area (Å²) in [5.74, 6) is 0.236. The third kappa shape index (κ3) is 4.22. The highest BCUT2D eigenvalue weighted by atomic mass is 35.5. The van der Waals surface area contributed by atoms with E-state index >= 15 is 0 Å². The normalized spacial score (nSPS) is 10.9. The number of nitrogens with zero attached hydrogens (tertiary/aromatic N) is 1. The van der Waals surface area contributed by atoms with Crippen LogP contribution in [0.25, 0.3) is 20.8 Å². The van der Waals surface area contributed by atoms with Crippen LogP contribution in [0.15, 0.2) is 60.7 Å². The van der Waals surface area contributed by atoms with Gasteiger partial charge in [0.15, 0.2) is 0 Å². The summed E-state index contributed by atoms with van der Waals surface area (Å²) in [5.41, 5.74) is 2.76. The molecule has 0 fully saturated rings. The van der Waals surface area contributed by atoms with Gasteiger partial charge in [0.25, 0.3) is 5.91 Å². The topological polar surface area (TPSA) is 51.2 Å². The molecule has 1 heterocycles. The van der Waals surface area contributed by atoms with Crippen LogP contribution in [0.2, 0.25) is 10.0 Å². The van der Waals surface area contributed by atoms with E-state index in [9.17, 15) is 4.79 Å². The lowest BCUT2D eigenvalue weighted by Gasteiger charge is -2.10. The Bertz CT molecular complexity index is 1170. The second-order valence-electron chi connectivity index (χ2n) is 6.21. The van der Waals surface area contributed by atoms with Crippen molar-refractivity contribution in [2.45, 2.75) is 6.92 Å². The largest absolute Gasteiger partial charge is 0.492 e. The Balaban J connectivity index is 1.61. The maximum atomic E-state index is 12.7. The van der Waals surface area contributed by atoms with E-state index in [1.165, 1.54) is 0 Å². The van der Waals surface area contributed by atoms with Crippen molar-refractivity contribution in [1.29, 1.82) is 0 Å². The van der Waals surface area contributed by atoms with E-state index in [-0.39, 0.29) is 5.91 Å². The van der Waals surface area contributed by atoms with Crippen LogP contribution in [0.3, 0.4) is 0 Å². The van der Waals surface area contributed by atoms with E-state index < -0.39 is 0 Å². The second-order valence-corrected chi connectivity index (χ2v) is 8.06. The SMILES string of the molecule is CCOc1ccc(C(=O)Nc2cc(-c3nc4ccccc4s3)ccc2Cl)cc1Cl. The summed E-state index contributed by atoms with van der Waals surface area (Å²) in [5, 5.41) is 4.55. The third-order valence-corrected chi connectivity index (χ3v) is 5.96. The first-order chi connectivity index (χ1) is 14.0. The summed E-state index contributed by atoms with van der Waals surface area (Å²) < 4.78 is 6.51. The lowest BCUT2D eigenvalue weighted by molar-refractivity contribution is 0.102. The van der Waals surface area contributed by atoms with Gasteiger partial charge in [0, 0.05) is 11.1 Å². The van der Waals surface area contributed by atoms with Crippen molar-refractivity contribution in [3.8, 4) is 16.3 Å². The molecule has 0 bridgehead atoms. The molecule has 1 N–H and O–H groups in total. The van der Waals surface area contributed by atoms with E-state index in [0.717, 1.165) is 20.8 Å². The van der Waals surface area contributed by atoms with Crippen molar-refractivity contribution in [2.24, 2.45) is 0 Å². The monoisotopic (exact) mass is 442 g/mol. The average molecular weight is 443 g/mol. The molecule has 0 atom stereocenters. The molecule has 4 aromatic rings. The minimum absolute atomic E-state index is 0.307. The van der Waals surface area contributed by atoms with E-state index in [1.54, 1.807) is 35.6 Å². The Morgan fingerprint density at radius 1 is 1.07 bits per heavy atom. The summed E-state index contributed by atoms with van der Waals surface area (Å²) in [6.07, 6.45) is 0. The second kappa shape index (κ2) is 8.41. The summed E-state index contributed by atoms with van der Waals surface area (Å²) in [4.78, 5) is 17.4. The fourth-order valence-corrected chi connectivity index (χ4v) is 4.22. The van der Waals surface area contributed by atoms with Crippen LogP contribution in [0.5, 0.6) is 5.75 Å². The number of para-hydroxylation sites is 1. The number of carbonyl (C=O) groups excluding carboxylic acids is 1. The maximum absolute atomic E-state index is 12.7. The fraction of sp³-hybridized carbons (Fsp3) is 0.0909. The molecule has 0 aliphatic rings. The van der Waals surface area contributed by atoms with Gasteiger partial charge in [0.2, 0.25) is 0 Å². The van der Waals surface area contributed by atoms with Crippen molar-refractivity contribution in [3.05, 3.63) is 76.3 Å². The average Bonchev–Trinajstić information content (AvgIpc) is 3.15. The molecule has 1 aromatic heterocycles. The van der Waals surface area contributed by atoms with Crippen LogP contribution in [0.4, 0.5) is 5.69 Å². The number of nitrogens with one attached hydrogen (secondary N) is 1. The van der Waals surface area contributed by atoms with Crippen LogP contribution in [0, 0.1) is 0 Å². The maximum Gasteiger partial charge on any atom is 0.255 e. The third-order valence-electron chi connectivity index (χ3n) is 4.25. The van der Waals surface area contributed by atoms with E-state index in [4.69, 9.17) is 27.9 Å². The molecule has 0 aliphatic heterocycles. The Kier molecular flexibility index (Phi) is 5.72. The quantitative estimate of drug-likeness (QED) is 0.364. The number of hydrogen-bond donors (Lipinski definition) is 1. The Morgan fingerprint density at radius 2 is 1.90 bits per heavy atom. The van der Waals surface area contributed by atoms with Crippen molar-refractivity contribution in [2.75, 3.05) is 11.9 Å². The predicted octanol–water partition coefficient (Wildman–Crippen LogP) is 6.92. The lowest BCUT2D eigenvalue weighted by Crippen LogP contribution is -2.12. The zero-order valence-corrected chi connectivity index (χ0v) is 17.7. The Morgan fingerprint density at radius 3 is 2.66 bits per heavy atom. The minimum Gasteiger partial charge on any atom is -0.492 e. The minimum atomic E-state index is -0.307. The summed E-state index contributed by atoms with van der Waals surface area (Å²) in [7, 11) is 0. The first-order valence-corrected chi connectivity index (χ1v) is 10.5. The van der Waals surface area contributed by atoms with Gasteiger partial charge in [0.05, 0.1) is 32.6 Å². The van der Waals surface area contributed by atoms with Gasteiger partial charge in [-0.2, -0.15) is 0 Å². The van der Waals surface area contributed by atoms with Crippen molar-refractivity contribution < 1.29 is 9.53 Å². The van der Waals surface area contributed by atoms with Gasteiger partial charge in [-0.15, -0.1) is 11.3 Å². The van der Waals surface area contributed by atoms with Gasteiger partial charge in [0.1, 0.15) is 10.8 Å². The van der Waals surface area contributed by atoms with Gasteiger partial charge < -0.3 is 10.1 Å². The van der Waals surface area contributed by atoms with Gasteiger partial charge in [-0.25, -0.2) is 4.98 Å². The molecule has 29 heavy (non-hydrogen) atoms. The highest BCUT2D eigenvalue weighted by Gasteiger charge is 2.13. The van der Waals surface area contributed by atoms with Crippen LogP contribution in [0.1, 0.15) is 17.3 Å². The number of anilines is 1. The Labute approximate surface area is 182 Å². The highest BCUT2D eigenvalue weighted by Crippen LogP contribution is 2.34. The number of ether oxygens (including phenoxy) is 1. The molecule has 0 spiro atoms. The molecule has 4 rings (SSSR count). The summed E-state index contributed by atoms with van der Waals surface area (Å²) in [6, 6.07) is 18.3. The van der Waals surface area contributed by atoms with Gasteiger partial charge in [-0.05, 0) is 49.4 Å². The Hall–Kier alpha value is -2.60. The van der Waals surface area contributed by atoms with Crippen molar-refractivity contribution >= 4 is 56.3 Å². The van der Waals surface area contributed by atoms with Gasteiger partial charge in [-0.1, -0.05) is 41.4 Å². The zero-order valence-electron chi connectivity index (χ0n) is 15.4. The number of benzene rings is 3. The smallest absolute Gasteiger partial charge is 0.255 e. The fourth-order valence-electron chi connectivity index (χ4n) is 2.86. The zero-order chi connectivity index (χ0) is 20.4. The first-order valence-electron chi connectivity index (χ1n) is 8.94. The number of thiazole rings is 1. The first kappa shape index (κ1) is 19.7. The lowest BCUT2D eigenvalue weighted by atomic mass is 10.1. The van der Waals surface area contributed by atoms with Crippen LogP contribution in [-0.2, 0) is 0 Å². The van der Waals surface area contributed by atoms with Crippen LogP contribution in [-0.4, -0.2) is 17.5 Å². The standard InChI is InChI=1S/C22H16Cl2N2O2S/c1-2-28-19-10-8-13(11-16(19)24)21(27)25-18-12-14(7-9-15(18)23)22-26-17-5-3-4-6-20(17)29-22/h3-12H,2H2,1H3,(H,25,27). The molecule has 3 aromatic carbocycles. The summed E-state index contributed by atoms with van der Waals surface area (Å²) in [6.45, 7) is 2.37. The summed E-state index contributed by atoms with van der Waals surface area (Å²) >= 11 is 14.1. The highest BCUT2D eigenvalue weighted by molar-refractivity contribution is 7.21. The molecule has 0 unspecified atom stereocenters. The number of fused-ring (bicyclic) bond motifs is 1. The molecule has 4 nitrogen and oxygen atoms in total. The van der Waals surface area contributed by atoms with Crippen LogP contribution >= 0.6 is 34.5 Å². The van der Waals surface area contributed by atoms with Crippen molar-refractivity contribution in [1.82, 2.24) is 4.98 Å². The van der Waals surface area contributed by atoms with E-state index in [2.05, 4.69) is 10.3 Å². The number of halogens is 2. The van der Waals surface area contributed by atoms with Crippen LogP contribution < -0.4 is 10.1 Å². The molecular weight excluding hydrogens is 427 g/mol. The number of aromatic nitrogens is 1. The molecule has 0 radical (unpaired) electrons. The number of rotatable bonds is 5. The van der Waals surface area contributed by atoms with Crippen molar-refractivity contribution in [3.63, 3.8) is 0 Å². The van der Waals surface area contributed by atoms with E-state index in [0.29, 0.717) is 33.7 Å². The van der Waals surface area contributed by atoms with Gasteiger partial charge >= 0.3 is 0 Å². The molecule has 1 amide bonds.